The number of hydrogen-bond acceptors (Lipinski definition) is 3. The zero-order valence-corrected chi connectivity index (χ0v) is 12.0. The van der Waals surface area contributed by atoms with E-state index >= 15 is 0 Å². The molecule has 3 nitrogen and oxygen atoms in total. The Bertz CT molecular complexity index is 579. The van der Waals surface area contributed by atoms with Crippen molar-refractivity contribution in [2.45, 2.75) is 13.0 Å². The molecule has 0 N–H and O–H groups in total. The van der Waals surface area contributed by atoms with Gasteiger partial charge in [0.05, 0.1) is 20.3 Å². The van der Waals surface area contributed by atoms with E-state index in [-0.39, 0.29) is 6.04 Å². The number of ether oxygens (including phenoxy) is 2. The first kappa shape index (κ1) is 14.1. The van der Waals surface area contributed by atoms with E-state index in [0.717, 1.165) is 22.6 Å². The van der Waals surface area contributed by atoms with Crippen LogP contribution in [0.5, 0.6) is 11.5 Å². The second-order valence-electron chi connectivity index (χ2n) is 4.47. The smallest absolute Gasteiger partial charge is 0.127 e. The van der Waals surface area contributed by atoms with Gasteiger partial charge in [0, 0.05) is 17.8 Å². The van der Waals surface area contributed by atoms with Crippen molar-refractivity contribution in [1.82, 2.24) is 0 Å². The number of nitrogens with zero attached hydrogens (tertiary/aromatic N) is 1. The third-order valence-electron chi connectivity index (χ3n) is 3.14. The maximum Gasteiger partial charge on any atom is 0.127 e. The van der Waals surface area contributed by atoms with Gasteiger partial charge in [0.15, 0.2) is 0 Å². The summed E-state index contributed by atoms with van der Waals surface area (Å²) in [5.41, 5.74) is 2.13. The molecule has 0 saturated heterocycles. The van der Waals surface area contributed by atoms with E-state index in [2.05, 4.69) is 4.99 Å². The lowest BCUT2D eigenvalue weighted by atomic mass is 10.1. The van der Waals surface area contributed by atoms with Crippen LogP contribution in [0.2, 0.25) is 0 Å². The van der Waals surface area contributed by atoms with Gasteiger partial charge in [0.25, 0.3) is 0 Å². The van der Waals surface area contributed by atoms with Crippen LogP contribution in [0.3, 0.4) is 0 Å². The number of hydrogen-bond donors (Lipinski definition) is 0. The summed E-state index contributed by atoms with van der Waals surface area (Å²) in [5.74, 6) is 1.58. The minimum Gasteiger partial charge on any atom is -0.497 e. The minimum atomic E-state index is 0.0241. The lowest BCUT2D eigenvalue weighted by Crippen LogP contribution is -1.97. The fourth-order valence-corrected chi connectivity index (χ4v) is 1.98. The first-order chi connectivity index (χ1) is 9.74. The fraction of sp³-hybridized carbons (Fsp3) is 0.235. The topological polar surface area (TPSA) is 30.8 Å². The Balaban J connectivity index is 2.20. The molecule has 2 aromatic carbocycles. The largest absolute Gasteiger partial charge is 0.497 e. The molecule has 0 unspecified atom stereocenters. The van der Waals surface area contributed by atoms with E-state index in [9.17, 15) is 0 Å². The quantitative estimate of drug-likeness (QED) is 0.771. The van der Waals surface area contributed by atoms with Crippen molar-refractivity contribution in [1.29, 1.82) is 0 Å². The molecule has 0 aromatic heterocycles. The van der Waals surface area contributed by atoms with E-state index in [1.165, 1.54) is 0 Å². The van der Waals surface area contributed by atoms with Crippen LogP contribution in [0.1, 0.15) is 24.1 Å². The molecular weight excluding hydrogens is 250 g/mol. The predicted molar refractivity (Wildman–Crippen MR) is 82.0 cm³/mol. The Labute approximate surface area is 119 Å². The third kappa shape index (κ3) is 3.38. The molecule has 0 fully saturated rings. The number of aliphatic imine (C=N–C) groups is 1. The highest BCUT2D eigenvalue weighted by Crippen LogP contribution is 2.31. The van der Waals surface area contributed by atoms with Gasteiger partial charge in [-0.05, 0) is 24.6 Å². The summed E-state index contributed by atoms with van der Waals surface area (Å²) in [5, 5.41) is 0. The van der Waals surface area contributed by atoms with Crippen molar-refractivity contribution in [2.75, 3.05) is 14.2 Å². The van der Waals surface area contributed by atoms with E-state index in [0.29, 0.717) is 0 Å². The zero-order valence-electron chi connectivity index (χ0n) is 12.0. The highest BCUT2D eigenvalue weighted by Gasteiger charge is 2.10. The molecule has 3 heteroatoms. The molecule has 0 aliphatic heterocycles. The van der Waals surface area contributed by atoms with Gasteiger partial charge < -0.3 is 9.47 Å². The molecular formula is C17H19NO2. The van der Waals surface area contributed by atoms with Gasteiger partial charge in [-0.2, -0.15) is 0 Å². The first-order valence-electron chi connectivity index (χ1n) is 6.54. The summed E-state index contributed by atoms with van der Waals surface area (Å²) >= 11 is 0. The molecule has 0 heterocycles. The van der Waals surface area contributed by atoms with Crippen LogP contribution < -0.4 is 9.47 Å². The van der Waals surface area contributed by atoms with Gasteiger partial charge in [-0.1, -0.05) is 30.3 Å². The Morgan fingerprint density at radius 3 is 2.40 bits per heavy atom. The van der Waals surface area contributed by atoms with Crippen molar-refractivity contribution in [3.8, 4) is 11.5 Å². The van der Waals surface area contributed by atoms with Gasteiger partial charge in [-0.3, -0.25) is 4.99 Å². The molecule has 104 valence electrons. The highest BCUT2D eigenvalue weighted by atomic mass is 16.5. The van der Waals surface area contributed by atoms with E-state index < -0.39 is 0 Å². The summed E-state index contributed by atoms with van der Waals surface area (Å²) in [7, 11) is 3.30. The molecule has 1 atom stereocenters. The first-order valence-corrected chi connectivity index (χ1v) is 6.54. The molecule has 0 spiro atoms. The number of rotatable bonds is 5. The summed E-state index contributed by atoms with van der Waals surface area (Å²) < 4.78 is 10.6. The van der Waals surface area contributed by atoms with Crippen LogP contribution in [0.4, 0.5) is 0 Å². The van der Waals surface area contributed by atoms with Crippen LogP contribution in [0, 0.1) is 0 Å². The van der Waals surface area contributed by atoms with Gasteiger partial charge in [0.2, 0.25) is 0 Å². The summed E-state index contributed by atoms with van der Waals surface area (Å²) in [6, 6.07) is 15.9. The molecule has 0 bridgehead atoms. The Morgan fingerprint density at radius 2 is 1.75 bits per heavy atom. The van der Waals surface area contributed by atoms with Crippen molar-refractivity contribution in [3.63, 3.8) is 0 Å². The molecule has 0 aliphatic rings. The Hall–Kier alpha value is -2.29. The van der Waals surface area contributed by atoms with Crippen molar-refractivity contribution >= 4 is 6.21 Å². The van der Waals surface area contributed by atoms with Gasteiger partial charge in [0.1, 0.15) is 11.5 Å². The molecule has 20 heavy (non-hydrogen) atoms. The van der Waals surface area contributed by atoms with Crippen molar-refractivity contribution in [2.24, 2.45) is 4.99 Å². The average molecular weight is 269 g/mol. The second kappa shape index (κ2) is 6.75. The van der Waals surface area contributed by atoms with Crippen LogP contribution >= 0.6 is 0 Å². The lowest BCUT2D eigenvalue weighted by Gasteiger charge is -2.13. The number of benzene rings is 2. The van der Waals surface area contributed by atoms with E-state index in [1.807, 2.05) is 61.7 Å². The van der Waals surface area contributed by atoms with Gasteiger partial charge >= 0.3 is 0 Å². The fourth-order valence-electron chi connectivity index (χ4n) is 1.98. The maximum absolute atomic E-state index is 5.41. The summed E-state index contributed by atoms with van der Waals surface area (Å²) in [6.07, 6.45) is 1.88. The summed E-state index contributed by atoms with van der Waals surface area (Å²) in [4.78, 5) is 4.58. The van der Waals surface area contributed by atoms with Gasteiger partial charge in [-0.25, -0.2) is 0 Å². The SMILES string of the molecule is COc1ccc([C@@H](C)N=Cc2ccccc2)c(OC)c1. The maximum atomic E-state index is 5.41. The van der Waals surface area contributed by atoms with E-state index in [1.54, 1.807) is 14.2 Å². The monoisotopic (exact) mass is 269 g/mol. The average Bonchev–Trinajstić information content (AvgIpc) is 2.52. The zero-order chi connectivity index (χ0) is 14.4. The normalized spacial score (nSPS) is 12.3. The van der Waals surface area contributed by atoms with Gasteiger partial charge in [-0.15, -0.1) is 0 Å². The lowest BCUT2D eigenvalue weighted by molar-refractivity contribution is 0.389. The van der Waals surface area contributed by atoms with Crippen LogP contribution in [-0.2, 0) is 0 Å². The van der Waals surface area contributed by atoms with Crippen LogP contribution in [0.25, 0.3) is 0 Å². The molecule has 0 aliphatic carbocycles. The standard InChI is InChI=1S/C17H19NO2/c1-13(18-12-14-7-5-4-6-8-14)16-10-9-15(19-2)11-17(16)20-3/h4-13H,1-3H3/t13-/m1/s1. The van der Waals surface area contributed by atoms with Crippen molar-refractivity contribution in [3.05, 3.63) is 59.7 Å². The minimum absolute atomic E-state index is 0.0241. The third-order valence-corrected chi connectivity index (χ3v) is 3.14. The molecule has 2 rings (SSSR count). The van der Waals surface area contributed by atoms with Crippen LogP contribution in [0.15, 0.2) is 53.5 Å². The summed E-state index contributed by atoms with van der Waals surface area (Å²) in [6.45, 7) is 2.05. The second-order valence-corrected chi connectivity index (χ2v) is 4.47. The molecule has 2 aromatic rings. The number of methoxy groups -OCH3 is 2. The Morgan fingerprint density at radius 1 is 1.00 bits per heavy atom. The van der Waals surface area contributed by atoms with Crippen LogP contribution in [-0.4, -0.2) is 20.4 Å². The van der Waals surface area contributed by atoms with E-state index in [4.69, 9.17) is 9.47 Å². The molecule has 0 radical (unpaired) electrons. The highest BCUT2D eigenvalue weighted by molar-refractivity contribution is 5.79. The Kier molecular flexibility index (Phi) is 4.77. The molecule has 0 amide bonds. The predicted octanol–water partition coefficient (Wildman–Crippen LogP) is 3.88. The van der Waals surface area contributed by atoms with Crippen molar-refractivity contribution < 1.29 is 9.47 Å². The molecule has 0 saturated carbocycles.